The summed E-state index contributed by atoms with van der Waals surface area (Å²) in [5.74, 6) is 11.1. The number of rotatable bonds is 4. The molecular weight excluding hydrogens is 124 g/mol. The Balaban J connectivity index is 3.31. The molecule has 0 aliphatic carbocycles. The summed E-state index contributed by atoms with van der Waals surface area (Å²) in [6, 6.07) is 0.431. The van der Waals surface area contributed by atoms with Crippen molar-refractivity contribution in [2.75, 3.05) is 0 Å². The van der Waals surface area contributed by atoms with Crippen molar-refractivity contribution in [1.29, 1.82) is 0 Å². The van der Waals surface area contributed by atoms with E-state index in [1.54, 1.807) is 0 Å². The van der Waals surface area contributed by atoms with Gasteiger partial charge in [0.1, 0.15) is 0 Å². The molecule has 0 saturated heterocycles. The van der Waals surface area contributed by atoms with Gasteiger partial charge in [0.05, 0.1) is 0 Å². The van der Waals surface area contributed by atoms with E-state index in [0.29, 0.717) is 6.04 Å². The Bertz CT molecular complexity index is 117. The Morgan fingerprint density at radius 3 is 2.70 bits per heavy atom. The van der Waals surface area contributed by atoms with Crippen molar-refractivity contribution >= 4 is 0 Å². The highest BCUT2D eigenvalue weighted by Gasteiger charge is 1.99. The van der Waals surface area contributed by atoms with E-state index in [1.165, 1.54) is 0 Å². The van der Waals surface area contributed by atoms with Crippen LogP contribution >= 0.6 is 0 Å². The standard InChI is InChI=1S/C8H16N2/c1-3-5-6-7-8(4-2)10-9/h8,10H,4,6-7,9H2,1-2H3. The number of hydrogen-bond donors (Lipinski definition) is 2. The maximum Gasteiger partial charge on any atom is 0.0217 e. The molecule has 0 aromatic heterocycles. The Kier molecular flexibility index (Phi) is 6.25. The van der Waals surface area contributed by atoms with Crippen LogP contribution in [0, 0.1) is 11.8 Å². The highest BCUT2D eigenvalue weighted by atomic mass is 15.2. The first-order chi connectivity index (χ1) is 4.85. The summed E-state index contributed by atoms with van der Waals surface area (Å²) in [6.45, 7) is 3.97. The van der Waals surface area contributed by atoms with E-state index in [4.69, 9.17) is 5.84 Å². The van der Waals surface area contributed by atoms with Crippen LogP contribution in [-0.2, 0) is 0 Å². The van der Waals surface area contributed by atoms with Gasteiger partial charge in [-0.05, 0) is 19.8 Å². The van der Waals surface area contributed by atoms with E-state index < -0.39 is 0 Å². The van der Waals surface area contributed by atoms with Gasteiger partial charge in [-0.15, -0.1) is 11.8 Å². The normalized spacial score (nSPS) is 11.9. The van der Waals surface area contributed by atoms with Gasteiger partial charge in [-0.3, -0.25) is 11.3 Å². The van der Waals surface area contributed by atoms with Gasteiger partial charge in [-0.25, -0.2) is 0 Å². The predicted molar refractivity (Wildman–Crippen MR) is 44.1 cm³/mol. The lowest BCUT2D eigenvalue weighted by Gasteiger charge is -2.09. The van der Waals surface area contributed by atoms with E-state index in [0.717, 1.165) is 19.3 Å². The summed E-state index contributed by atoms with van der Waals surface area (Å²) < 4.78 is 0. The lowest BCUT2D eigenvalue weighted by molar-refractivity contribution is 0.487. The molecule has 10 heavy (non-hydrogen) atoms. The molecule has 0 rings (SSSR count). The minimum absolute atomic E-state index is 0.431. The van der Waals surface area contributed by atoms with Gasteiger partial charge in [0.25, 0.3) is 0 Å². The fourth-order valence-corrected chi connectivity index (χ4v) is 0.777. The number of hydrogen-bond acceptors (Lipinski definition) is 2. The lowest BCUT2D eigenvalue weighted by atomic mass is 10.1. The van der Waals surface area contributed by atoms with Crippen LogP contribution in [0.4, 0.5) is 0 Å². The van der Waals surface area contributed by atoms with Crippen LogP contribution in [0.1, 0.15) is 33.1 Å². The summed E-state index contributed by atoms with van der Waals surface area (Å²) in [5.41, 5.74) is 2.74. The molecule has 0 aromatic carbocycles. The zero-order valence-electron chi connectivity index (χ0n) is 6.78. The number of nitrogens with one attached hydrogen (secondary N) is 1. The molecule has 0 fully saturated rings. The van der Waals surface area contributed by atoms with Crippen molar-refractivity contribution in [2.24, 2.45) is 5.84 Å². The molecule has 1 atom stereocenters. The number of hydrazine groups is 1. The van der Waals surface area contributed by atoms with Gasteiger partial charge in [0.2, 0.25) is 0 Å². The maximum absolute atomic E-state index is 5.27. The second-order valence-electron chi connectivity index (χ2n) is 2.24. The molecule has 0 heterocycles. The minimum Gasteiger partial charge on any atom is -0.271 e. The second kappa shape index (κ2) is 6.60. The Morgan fingerprint density at radius 1 is 1.60 bits per heavy atom. The van der Waals surface area contributed by atoms with Crippen LogP contribution in [0.3, 0.4) is 0 Å². The molecule has 0 aromatic rings. The maximum atomic E-state index is 5.27. The molecule has 0 bridgehead atoms. The molecular formula is C8H16N2. The van der Waals surface area contributed by atoms with Gasteiger partial charge >= 0.3 is 0 Å². The topological polar surface area (TPSA) is 38.0 Å². The van der Waals surface area contributed by atoms with Crippen molar-refractivity contribution in [3.8, 4) is 11.8 Å². The average molecular weight is 140 g/mol. The van der Waals surface area contributed by atoms with E-state index >= 15 is 0 Å². The van der Waals surface area contributed by atoms with Crippen LogP contribution < -0.4 is 11.3 Å². The largest absolute Gasteiger partial charge is 0.271 e. The molecule has 0 aliphatic rings. The van der Waals surface area contributed by atoms with E-state index in [1.807, 2.05) is 6.92 Å². The monoisotopic (exact) mass is 140 g/mol. The van der Waals surface area contributed by atoms with Crippen LogP contribution in [-0.4, -0.2) is 6.04 Å². The predicted octanol–water partition coefficient (Wildman–Crippen LogP) is 1.03. The van der Waals surface area contributed by atoms with Crippen molar-refractivity contribution in [2.45, 2.75) is 39.2 Å². The van der Waals surface area contributed by atoms with Crippen LogP contribution in [0.2, 0.25) is 0 Å². The van der Waals surface area contributed by atoms with Crippen LogP contribution in [0.5, 0.6) is 0 Å². The zero-order valence-corrected chi connectivity index (χ0v) is 6.78. The average Bonchev–Trinajstić information content (AvgIpc) is 1.99. The first-order valence-corrected chi connectivity index (χ1v) is 3.70. The quantitative estimate of drug-likeness (QED) is 0.348. The van der Waals surface area contributed by atoms with Crippen molar-refractivity contribution in [3.05, 3.63) is 0 Å². The second-order valence-corrected chi connectivity index (χ2v) is 2.24. The molecule has 2 nitrogen and oxygen atoms in total. The van der Waals surface area contributed by atoms with Crippen LogP contribution in [0.25, 0.3) is 0 Å². The molecule has 0 saturated carbocycles. The lowest BCUT2D eigenvalue weighted by Crippen LogP contribution is -2.34. The Labute approximate surface area is 63.2 Å². The molecule has 1 unspecified atom stereocenters. The molecule has 0 amide bonds. The number of nitrogens with two attached hydrogens (primary N) is 1. The van der Waals surface area contributed by atoms with Gasteiger partial charge in [-0.2, -0.15) is 0 Å². The molecule has 3 N–H and O–H groups in total. The third kappa shape index (κ3) is 4.37. The summed E-state index contributed by atoms with van der Waals surface area (Å²) in [5, 5.41) is 0. The molecule has 0 spiro atoms. The first kappa shape index (κ1) is 9.48. The summed E-state index contributed by atoms with van der Waals surface area (Å²) >= 11 is 0. The van der Waals surface area contributed by atoms with Gasteiger partial charge in [0, 0.05) is 12.5 Å². The Morgan fingerprint density at radius 2 is 2.30 bits per heavy atom. The van der Waals surface area contributed by atoms with Crippen molar-refractivity contribution in [3.63, 3.8) is 0 Å². The fourth-order valence-electron chi connectivity index (χ4n) is 0.777. The van der Waals surface area contributed by atoms with Crippen molar-refractivity contribution in [1.82, 2.24) is 5.43 Å². The minimum atomic E-state index is 0.431. The SMILES string of the molecule is CC#CCCC(CC)NN. The molecule has 58 valence electrons. The summed E-state index contributed by atoms with van der Waals surface area (Å²) in [7, 11) is 0. The van der Waals surface area contributed by atoms with Crippen molar-refractivity contribution < 1.29 is 0 Å². The Hall–Kier alpha value is -0.520. The highest BCUT2D eigenvalue weighted by molar-refractivity contribution is 4.95. The summed E-state index contributed by atoms with van der Waals surface area (Å²) in [6.07, 6.45) is 3.06. The molecule has 2 heteroatoms. The summed E-state index contributed by atoms with van der Waals surface area (Å²) in [4.78, 5) is 0. The molecule has 0 aliphatic heterocycles. The third-order valence-corrected chi connectivity index (χ3v) is 1.52. The van der Waals surface area contributed by atoms with E-state index in [9.17, 15) is 0 Å². The fraction of sp³-hybridized carbons (Fsp3) is 0.750. The van der Waals surface area contributed by atoms with E-state index in [-0.39, 0.29) is 0 Å². The van der Waals surface area contributed by atoms with Gasteiger partial charge < -0.3 is 0 Å². The van der Waals surface area contributed by atoms with Gasteiger partial charge in [-0.1, -0.05) is 6.92 Å². The van der Waals surface area contributed by atoms with E-state index in [2.05, 4.69) is 24.2 Å². The highest BCUT2D eigenvalue weighted by Crippen LogP contribution is 1.98. The molecule has 0 radical (unpaired) electrons. The smallest absolute Gasteiger partial charge is 0.0217 e. The first-order valence-electron chi connectivity index (χ1n) is 3.70. The van der Waals surface area contributed by atoms with Gasteiger partial charge in [0.15, 0.2) is 0 Å². The van der Waals surface area contributed by atoms with Crippen LogP contribution in [0.15, 0.2) is 0 Å². The zero-order chi connectivity index (χ0) is 7.82. The third-order valence-electron chi connectivity index (χ3n) is 1.52.